The Balaban J connectivity index is 1.20. The van der Waals surface area contributed by atoms with Crippen molar-refractivity contribution in [2.45, 2.75) is 38.7 Å². The zero-order valence-corrected chi connectivity index (χ0v) is 18.8. The van der Waals surface area contributed by atoms with Crippen LogP contribution in [0, 0.1) is 6.92 Å². The fourth-order valence-corrected chi connectivity index (χ4v) is 3.89. The van der Waals surface area contributed by atoms with E-state index in [4.69, 9.17) is 4.74 Å². The Morgan fingerprint density at radius 1 is 1.06 bits per heavy atom. The first kappa shape index (κ1) is 21.6. The normalized spacial score (nSPS) is 13.6. The number of carbonyl (C=O) groups excluding carboxylic acids is 1. The molecule has 1 fully saturated rings. The molecule has 0 radical (unpaired) electrons. The van der Waals surface area contributed by atoms with E-state index in [0.717, 1.165) is 18.5 Å². The third-order valence-electron chi connectivity index (χ3n) is 5.57. The Morgan fingerprint density at radius 3 is 2.56 bits per heavy atom. The Labute approximate surface area is 197 Å². The third-order valence-corrected chi connectivity index (χ3v) is 5.57. The van der Waals surface area contributed by atoms with Gasteiger partial charge in [0.25, 0.3) is 5.91 Å². The van der Waals surface area contributed by atoms with E-state index in [1.165, 1.54) is 12.8 Å². The number of benzene rings is 1. The molecule has 0 saturated heterocycles. The van der Waals surface area contributed by atoms with Gasteiger partial charge < -0.3 is 15.4 Å². The van der Waals surface area contributed by atoms with Crippen LogP contribution >= 0.6 is 0 Å². The average Bonchev–Trinajstić information content (AvgIpc) is 3.55. The van der Waals surface area contributed by atoms with Gasteiger partial charge in [-0.05, 0) is 69.0 Å². The molecule has 9 heteroatoms. The van der Waals surface area contributed by atoms with Crippen molar-refractivity contribution in [3.63, 3.8) is 0 Å². The van der Waals surface area contributed by atoms with Gasteiger partial charge in [-0.2, -0.15) is 5.10 Å². The molecule has 0 unspecified atom stereocenters. The van der Waals surface area contributed by atoms with Gasteiger partial charge in [0.2, 0.25) is 5.88 Å². The summed E-state index contributed by atoms with van der Waals surface area (Å²) < 4.78 is 7.54. The second-order valence-electron chi connectivity index (χ2n) is 8.18. The van der Waals surface area contributed by atoms with E-state index < -0.39 is 0 Å². The van der Waals surface area contributed by atoms with Crippen molar-refractivity contribution in [2.75, 3.05) is 10.6 Å². The summed E-state index contributed by atoms with van der Waals surface area (Å²) >= 11 is 0. The summed E-state index contributed by atoms with van der Waals surface area (Å²) in [6, 6.07) is 14.5. The van der Waals surface area contributed by atoms with Crippen molar-refractivity contribution >= 4 is 23.1 Å². The molecule has 1 amide bonds. The van der Waals surface area contributed by atoms with Crippen molar-refractivity contribution in [3.05, 3.63) is 78.5 Å². The van der Waals surface area contributed by atoms with Crippen LogP contribution in [0.4, 0.5) is 17.2 Å². The minimum absolute atomic E-state index is 0.226. The number of carbonyl (C=O) groups is 1. The van der Waals surface area contributed by atoms with Crippen LogP contribution < -0.4 is 15.4 Å². The highest BCUT2D eigenvalue weighted by molar-refractivity contribution is 6.04. The molecular formula is C25H25N7O2. The monoisotopic (exact) mass is 455 g/mol. The van der Waals surface area contributed by atoms with E-state index in [-0.39, 0.29) is 12.0 Å². The van der Waals surface area contributed by atoms with Gasteiger partial charge in [-0.3, -0.25) is 4.79 Å². The lowest BCUT2D eigenvalue weighted by Crippen LogP contribution is -2.14. The van der Waals surface area contributed by atoms with Gasteiger partial charge in [-0.25, -0.2) is 19.6 Å². The molecule has 0 bridgehead atoms. The summed E-state index contributed by atoms with van der Waals surface area (Å²) in [5.41, 5.74) is 1.99. The van der Waals surface area contributed by atoms with Crippen LogP contribution in [0.5, 0.6) is 5.88 Å². The number of amides is 1. The number of hydrogen-bond donors (Lipinski definition) is 2. The van der Waals surface area contributed by atoms with Crippen LogP contribution in [-0.2, 0) is 0 Å². The summed E-state index contributed by atoms with van der Waals surface area (Å²) in [5, 5.41) is 10.4. The first-order valence-corrected chi connectivity index (χ1v) is 11.3. The maximum Gasteiger partial charge on any atom is 0.257 e. The second kappa shape index (κ2) is 9.70. The highest BCUT2D eigenvalue weighted by atomic mass is 16.5. The number of rotatable bonds is 7. The zero-order valence-electron chi connectivity index (χ0n) is 18.8. The van der Waals surface area contributed by atoms with Crippen LogP contribution in [-0.4, -0.2) is 36.7 Å². The van der Waals surface area contributed by atoms with Crippen molar-refractivity contribution in [1.82, 2.24) is 24.7 Å². The average molecular weight is 456 g/mol. The predicted octanol–water partition coefficient (Wildman–Crippen LogP) is 4.68. The molecule has 172 valence electrons. The van der Waals surface area contributed by atoms with Crippen molar-refractivity contribution < 1.29 is 9.53 Å². The molecule has 34 heavy (non-hydrogen) atoms. The first-order chi connectivity index (χ1) is 16.6. The fourth-order valence-electron chi connectivity index (χ4n) is 3.89. The molecule has 4 aromatic rings. The number of ether oxygens (including phenoxy) is 1. The Hall–Kier alpha value is -4.27. The van der Waals surface area contributed by atoms with E-state index in [0.29, 0.717) is 34.6 Å². The maximum absolute atomic E-state index is 12.6. The smallest absolute Gasteiger partial charge is 0.257 e. The van der Waals surface area contributed by atoms with Crippen LogP contribution in [0.2, 0.25) is 0 Å². The first-order valence-electron chi connectivity index (χ1n) is 11.3. The molecule has 1 aliphatic carbocycles. The molecule has 9 nitrogen and oxygen atoms in total. The van der Waals surface area contributed by atoms with Crippen LogP contribution in [0.3, 0.4) is 0 Å². The van der Waals surface area contributed by atoms with Gasteiger partial charge in [-0.1, -0.05) is 0 Å². The SMILES string of the molecule is Cc1nc(Nc2ccc(NC(=O)c3ccc(OC4CCCC4)nc3)cc2)cc(-n2cccn2)n1. The lowest BCUT2D eigenvalue weighted by molar-refractivity contribution is 0.102. The highest BCUT2D eigenvalue weighted by Crippen LogP contribution is 2.23. The van der Waals surface area contributed by atoms with Crippen molar-refractivity contribution in [2.24, 2.45) is 0 Å². The summed E-state index contributed by atoms with van der Waals surface area (Å²) in [6.07, 6.45) is 9.84. The topological polar surface area (TPSA) is 107 Å². The molecule has 3 heterocycles. The number of aryl methyl sites for hydroxylation is 1. The molecule has 1 aromatic carbocycles. The van der Waals surface area contributed by atoms with Crippen molar-refractivity contribution in [1.29, 1.82) is 0 Å². The zero-order chi connectivity index (χ0) is 23.3. The fraction of sp³-hybridized carbons (Fsp3) is 0.240. The molecule has 1 aliphatic rings. The Kier molecular flexibility index (Phi) is 6.15. The van der Waals surface area contributed by atoms with Crippen LogP contribution in [0.1, 0.15) is 41.9 Å². The number of nitrogens with zero attached hydrogens (tertiary/aromatic N) is 5. The number of pyridine rings is 1. The quantitative estimate of drug-likeness (QED) is 0.416. The predicted molar refractivity (Wildman–Crippen MR) is 129 cm³/mol. The lowest BCUT2D eigenvalue weighted by Gasteiger charge is -2.12. The number of aromatic nitrogens is 5. The standard InChI is InChI=1S/C25H25N7O2/c1-17-28-22(15-23(29-17)32-14-4-13-27-32)30-19-8-10-20(11-9-19)31-25(33)18-7-12-24(26-16-18)34-21-5-2-3-6-21/h4,7-16,21H,2-3,5-6H2,1H3,(H,31,33)(H,28,29,30). The number of nitrogens with one attached hydrogen (secondary N) is 2. The minimum Gasteiger partial charge on any atom is -0.474 e. The number of anilines is 3. The molecule has 1 saturated carbocycles. The molecule has 0 spiro atoms. The molecule has 3 aromatic heterocycles. The summed E-state index contributed by atoms with van der Waals surface area (Å²) in [5.74, 6) is 2.30. The summed E-state index contributed by atoms with van der Waals surface area (Å²) in [6.45, 7) is 1.83. The lowest BCUT2D eigenvalue weighted by atomic mass is 10.2. The van der Waals surface area contributed by atoms with E-state index in [1.54, 1.807) is 29.2 Å². The van der Waals surface area contributed by atoms with Gasteiger partial charge in [0.15, 0.2) is 5.82 Å². The number of hydrogen-bond acceptors (Lipinski definition) is 7. The molecule has 5 rings (SSSR count). The second-order valence-corrected chi connectivity index (χ2v) is 8.18. The van der Waals surface area contributed by atoms with E-state index in [9.17, 15) is 4.79 Å². The maximum atomic E-state index is 12.6. The summed E-state index contributed by atoms with van der Waals surface area (Å²) in [4.78, 5) is 25.7. The Bertz CT molecular complexity index is 1250. The van der Waals surface area contributed by atoms with Gasteiger partial charge in [0, 0.05) is 42.1 Å². The van der Waals surface area contributed by atoms with E-state index >= 15 is 0 Å². The van der Waals surface area contributed by atoms with Gasteiger partial charge in [0.1, 0.15) is 17.7 Å². The Morgan fingerprint density at radius 2 is 1.85 bits per heavy atom. The molecule has 0 atom stereocenters. The van der Waals surface area contributed by atoms with E-state index in [1.807, 2.05) is 49.5 Å². The highest BCUT2D eigenvalue weighted by Gasteiger charge is 2.17. The largest absolute Gasteiger partial charge is 0.474 e. The van der Waals surface area contributed by atoms with Crippen molar-refractivity contribution in [3.8, 4) is 11.7 Å². The minimum atomic E-state index is -0.226. The van der Waals surface area contributed by atoms with Crippen LogP contribution in [0.25, 0.3) is 5.82 Å². The molecule has 2 N–H and O–H groups in total. The summed E-state index contributed by atoms with van der Waals surface area (Å²) in [7, 11) is 0. The van der Waals surface area contributed by atoms with Gasteiger partial charge >= 0.3 is 0 Å². The van der Waals surface area contributed by atoms with Gasteiger partial charge in [0.05, 0.1) is 5.56 Å². The van der Waals surface area contributed by atoms with E-state index in [2.05, 4.69) is 30.7 Å². The molecule has 0 aliphatic heterocycles. The van der Waals surface area contributed by atoms with Gasteiger partial charge in [-0.15, -0.1) is 0 Å². The third kappa shape index (κ3) is 5.20. The van der Waals surface area contributed by atoms with Crippen LogP contribution in [0.15, 0.2) is 67.1 Å². The molecular weight excluding hydrogens is 430 g/mol.